The number of carbonyl (C=O) groups is 1. The molecule has 4 rings (SSSR count). The first-order chi connectivity index (χ1) is 14.6. The SMILES string of the molecule is COc1cc(N)c(C(=N)c2ccc3ccccc3c2)cc1C(=O)NCC1CCCO1. The van der Waals surface area contributed by atoms with Crippen LogP contribution in [-0.4, -0.2) is 38.0 Å². The summed E-state index contributed by atoms with van der Waals surface area (Å²) in [6, 6.07) is 17.1. The number of anilines is 1. The standard InChI is InChI=1S/C24H25N3O3/c1-29-22-13-21(25)19(12-20(22)24(28)27-14-18-7-4-10-30-18)23(26)17-9-8-15-5-2-3-6-16(15)11-17/h2-3,5-6,8-9,11-13,18,26H,4,7,10,14,25H2,1H3,(H,27,28). The molecule has 1 atom stereocenters. The monoisotopic (exact) mass is 403 g/mol. The molecule has 0 spiro atoms. The van der Waals surface area contributed by atoms with E-state index >= 15 is 0 Å². The number of nitrogens with two attached hydrogens (primary N) is 1. The second kappa shape index (κ2) is 8.55. The first-order valence-electron chi connectivity index (χ1n) is 10.0. The highest BCUT2D eigenvalue weighted by molar-refractivity contribution is 6.16. The molecule has 0 bridgehead atoms. The van der Waals surface area contributed by atoms with Gasteiger partial charge in [-0.15, -0.1) is 0 Å². The molecule has 1 saturated heterocycles. The van der Waals surface area contributed by atoms with Gasteiger partial charge in [-0.25, -0.2) is 0 Å². The lowest BCUT2D eigenvalue weighted by Crippen LogP contribution is -2.32. The predicted molar refractivity (Wildman–Crippen MR) is 119 cm³/mol. The number of hydrogen-bond donors (Lipinski definition) is 3. The second-order valence-corrected chi connectivity index (χ2v) is 7.42. The Labute approximate surface area is 175 Å². The summed E-state index contributed by atoms with van der Waals surface area (Å²) in [5.41, 5.74) is 8.44. The Kier molecular flexibility index (Phi) is 5.68. The fraction of sp³-hybridized carbons (Fsp3) is 0.250. The highest BCUT2D eigenvalue weighted by atomic mass is 16.5. The number of fused-ring (bicyclic) bond motifs is 1. The number of hydrogen-bond acceptors (Lipinski definition) is 5. The Balaban J connectivity index is 1.64. The number of nitrogens with one attached hydrogen (secondary N) is 2. The van der Waals surface area contributed by atoms with E-state index in [-0.39, 0.29) is 17.7 Å². The summed E-state index contributed by atoms with van der Waals surface area (Å²) < 4.78 is 10.9. The first kappa shape index (κ1) is 19.9. The average Bonchev–Trinajstić information content (AvgIpc) is 3.30. The van der Waals surface area contributed by atoms with Crippen LogP contribution in [0.1, 0.15) is 34.3 Å². The van der Waals surface area contributed by atoms with Crippen LogP contribution in [0.15, 0.2) is 54.6 Å². The summed E-state index contributed by atoms with van der Waals surface area (Å²) in [6.45, 7) is 1.18. The number of carbonyl (C=O) groups excluding carboxylic acids is 1. The van der Waals surface area contributed by atoms with Gasteiger partial charge < -0.3 is 20.5 Å². The third-order valence-corrected chi connectivity index (χ3v) is 5.44. The Morgan fingerprint density at radius 2 is 1.97 bits per heavy atom. The van der Waals surface area contributed by atoms with Gasteiger partial charge in [-0.3, -0.25) is 10.2 Å². The van der Waals surface area contributed by atoms with Gasteiger partial charge >= 0.3 is 0 Å². The first-order valence-corrected chi connectivity index (χ1v) is 10.0. The van der Waals surface area contributed by atoms with Crippen molar-refractivity contribution in [1.82, 2.24) is 5.32 Å². The molecule has 0 radical (unpaired) electrons. The van der Waals surface area contributed by atoms with Crippen molar-refractivity contribution >= 4 is 28.1 Å². The van der Waals surface area contributed by atoms with Gasteiger partial charge in [0.2, 0.25) is 0 Å². The van der Waals surface area contributed by atoms with Gasteiger partial charge in [0.15, 0.2) is 0 Å². The van der Waals surface area contributed by atoms with E-state index < -0.39 is 0 Å². The molecule has 1 heterocycles. The van der Waals surface area contributed by atoms with E-state index in [9.17, 15) is 4.79 Å². The molecule has 1 aliphatic rings. The third kappa shape index (κ3) is 4.00. The maximum absolute atomic E-state index is 12.8. The Morgan fingerprint density at radius 1 is 1.17 bits per heavy atom. The third-order valence-electron chi connectivity index (χ3n) is 5.44. The summed E-state index contributed by atoms with van der Waals surface area (Å²) in [5, 5.41) is 13.8. The van der Waals surface area contributed by atoms with E-state index in [0.29, 0.717) is 29.1 Å². The minimum absolute atomic E-state index is 0.0455. The smallest absolute Gasteiger partial charge is 0.255 e. The van der Waals surface area contributed by atoms with Gasteiger partial charge in [0.05, 0.1) is 24.5 Å². The molecule has 0 saturated carbocycles. The molecule has 6 nitrogen and oxygen atoms in total. The quantitative estimate of drug-likeness (QED) is 0.431. The zero-order chi connectivity index (χ0) is 21.1. The minimum atomic E-state index is -0.269. The molecule has 1 fully saturated rings. The van der Waals surface area contributed by atoms with E-state index in [1.807, 2.05) is 42.5 Å². The van der Waals surface area contributed by atoms with Gasteiger partial charge in [0.1, 0.15) is 5.75 Å². The zero-order valence-electron chi connectivity index (χ0n) is 16.9. The molecule has 1 amide bonds. The molecule has 6 heteroatoms. The van der Waals surface area contributed by atoms with Gasteiger partial charge in [0.25, 0.3) is 5.91 Å². The maximum Gasteiger partial charge on any atom is 0.255 e. The zero-order valence-corrected chi connectivity index (χ0v) is 16.9. The molecule has 30 heavy (non-hydrogen) atoms. The van der Waals surface area contributed by atoms with Crippen LogP contribution >= 0.6 is 0 Å². The Morgan fingerprint density at radius 3 is 2.70 bits per heavy atom. The molecule has 0 aliphatic carbocycles. The molecular formula is C24H25N3O3. The molecule has 154 valence electrons. The number of nitrogen functional groups attached to an aromatic ring is 1. The molecule has 0 aromatic heterocycles. The summed E-state index contributed by atoms with van der Waals surface area (Å²) in [5.74, 6) is 0.113. The predicted octanol–water partition coefficient (Wildman–Crippen LogP) is 3.76. The van der Waals surface area contributed by atoms with Crippen LogP contribution in [0.5, 0.6) is 5.75 Å². The van der Waals surface area contributed by atoms with Gasteiger partial charge in [-0.05, 0) is 35.7 Å². The number of benzene rings is 3. The lowest BCUT2D eigenvalue weighted by molar-refractivity contribution is 0.0855. The van der Waals surface area contributed by atoms with Crippen LogP contribution in [-0.2, 0) is 4.74 Å². The van der Waals surface area contributed by atoms with Gasteiger partial charge in [-0.1, -0.05) is 36.4 Å². The summed E-state index contributed by atoms with van der Waals surface area (Å²) in [7, 11) is 1.50. The van der Waals surface area contributed by atoms with Crippen molar-refractivity contribution in [2.45, 2.75) is 18.9 Å². The summed E-state index contributed by atoms with van der Waals surface area (Å²) in [6.07, 6.45) is 2.00. The largest absolute Gasteiger partial charge is 0.496 e. The number of amides is 1. The fourth-order valence-electron chi connectivity index (χ4n) is 3.77. The lowest BCUT2D eigenvalue weighted by Gasteiger charge is -2.16. The minimum Gasteiger partial charge on any atom is -0.496 e. The van der Waals surface area contributed by atoms with Crippen molar-refractivity contribution in [2.24, 2.45) is 0 Å². The van der Waals surface area contributed by atoms with Crippen molar-refractivity contribution in [3.05, 3.63) is 71.3 Å². The van der Waals surface area contributed by atoms with Crippen LogP contribution < -0.4 is 15.8 Å². The molecule has 4 N–H and O–H groups in total. The van der Waals surface area contributed by atoms with Gasteiger partial charge in [-0.2, -0.15) is 0 Å². The molecule has 1 unspecified atom stereocenters. The molecule has 3 aromatic carbocycles. The van der Waals surface area contributed by atoms with Crippen LogP contribution in [0.4, 0.5) is 5.69 Å². The van der Waals surface area contributed by atoms with Crippen molar-refractivity contribution in [1.29, 1.82) is 5.41 Å². The fourth-order valence-corrected chi connectivity index (χ4v) is 3.77. The van der Waals surface area contributed by atoms with E-state index in [4.69, 9.17) is 20.6 Å². The number of ether oxygens (including phenoxy) is 2. The van der Waals surface area contributed by atoms with Crippen LogP contribution in [0.3, 0.4) is 0 Å². The normalized spacial score (nSPS) is 15.8. The summed E-state index contributed by atoms with van der Waals surface area (Å²) in [4.78, 5) is 12.8. The maximum atomic E-state index is 12.8. The highest BCUT2D eigenvalue weighted by Gasteiger charge is 2.21. The van der Waals surface area contributed by atoms with E-state index in [1.165, 1.54) is 7.11 Å². The molecule has 1 aliphatic heterocycles. The van der Waals surface area contributed by atoms with Crippen LogP contribution in [0.2, 0.25) is 0 Å². The Hall–Kier alpha value is -3.38. The topological polar surface area (TPSA) is 97.4 Å². The van der Waals surface area contributed by atoms with Gasteiger partial charge in [0, 0.05) is 36.0 Å². The second-order valence-electron chi connectivity index (χ2n) is 7.42. The van der Waals surface area contributed by atoms with Crippen molar-refractivity contribution in [3.8, 4) is 5.75 Å². The van der Waals surface area contributed by atoms with Crippen molar-refractivity contribution in [2.75, 3.05) is 26.0 Å². The average molecular weight is 403 g/mol. The van der Waals surface area contributed by atoms with Crippen LogP contribution in [0.25, 0.3) is 10.8 Å². The van der Waals surface area contributed by atoms with E-state index in [1.54, 1.807) is 12.1 Å². The molecular weight excluding hydrogens is 378 g/mol. The number of methoxy groups -OCH3 is 1. The summed E-state index contributed by atoms with van der Waals surface area (Å²) >= 11 is 0. The highest BCUT2D eigenvalue weighted by Crippen LogP contribution is 2.28. The molecule has 3 aromatic rings. The van der Waals surface area contributed by atoms with Crippen LogP contribution in [0, 0.1) is 5.41 Å². The number of rotatable bonds is 6. The van der Waals surface area contributed by atoms with E-state index in [2.05, 4.69) is 5.32 Å². The van der Waals surface area contributed by atoms with Crippen molar-refractivity contribution < 1.29 is 14.3 Å². The Bertz CT molecular complexity index is 1100. The van der Waals surface area contributed by atoms with Crippen molar-refractivity contribution in [3.63, 3.8) is 0 Å². The van der Waals surface area contributed by atoms with E-state index in [0.717, 1.165) is 35.8 Å². The lowest BCUT2D eigenvalue weighted by atomic mass is 9.96.